The normalized spacial score (nSPS) is 18.6. The maximum Gasteiger partial charge on any atom is 0.344 e. The minimum atomic E-state index is -1.25. The number of imide groups is 1. The van der Waals surface area contributed by atoms with Gasteiger partial charge in [0.05, 0.1) is 0 Å². The lowest BCUT2D eigenvalue weighted by Crippen LogP contribution is -2.49. The lowest BCUT2D eigenvalue weighted by atomic mass is 9.92. The third kappa shape index (κ3) is 3.38. The molecule has 2 N–H and O–H groups in total. The molecule has 3 aromatic carbocycles. The first-order chi connectivity index (χ1) is 14.0. The Labute approximate surface area is 167 Å². The predicted octanol–water partition coefficient (Wildman–Crippen LogP) is 2.72. The van der Waals surface area contributed by atoms with E-state index >= 15 is 0 Å². The van der Waals surface area contributed by atoms with Gasteiger partial charge in [-0.25, -0.2) is 4.79 Å². The maximum atomic E-state index is 12.8. The zero-order valence-corrected chi connectivity index (χ0v) is 15.7. The van der Waals surface area contributed by atoms with Gasteiger partial charge in [0, 0.05) is 5.39 Å². The molecule has 0 aromatic heterocycles. The first kappa shape index (κ1) is 18.5. The van der Waals surface area contributed by atoms with E-state index in [-0.39, 0.29) is 6.61 Å². The Bertz CT molecular complexity index is 1090. The van der Waals surface area contributed by atoms with Crippen molar-refractivity contribution in [3.63, 3.8) is 0 Å². The highest BCUT2D eigenvalue weighted by atomic mass is 16.5. The van der Waals surface area contributed by atoms with Crippen LogP contribution in [0.3, 0.4) is 0 Å². The van der Waals surface area contributed by atoms with E-state index in [2.05, 4.69) is 10.7 Å². The van der Waals surface area contributed by atoms with Crippen molar-refractivity contribution in [3.8, 4) is 5.75 Å². The topological polar surface area (TPSA) is 87.7 Å². The monoisotopic (exact) mass is 389 g/mol. The Kier molecular flexibility index (Phi) is 4.64. The SMILES string of the molecule is CC1(c2ccccc2)NC(=O)N(NC(=O)COc2cccc3ccccc23)C1=O. The first-order valence-electron chi connectivity index (χ1n) is 9.11. The van der Waals surface area contributed by atoms with Crippen molar-refractivity contribution >= 4 is 28.6 Å². The van der Waals surface area contributed by atoms with E-state index in [4.69, 9.17) is 4.74 Å². The quantitative estimate of drug-likeness (QED) is 0.657. The van der Waals surface area contributed by atoms with Crippen LogP contribution in [0.1, 0.15) is 12.5 Å². The fraction of sp³-hybridized carbons (Fsp3) is 0.136. The summed E-state index contributed by atoms with van der Waals surface area (Å²) in [6.07, 6.45) is 0. The van der Waals surface area contributed by atoms with Crippen LogP contribution < -0.4 is 15.5 Å². The summed E-state index contributed by atoms with van der Waals surface area (Å²) in [5.74, 6) is -0.629. The minimum Gasteiger partial charge on any atom is -0.483 e. The van der Waals surface area contributed by atoms with Crippen LogP contribution in [0.5, 0.6) is 5.75 Å². The molecule has 7 heteroatoms. The van der Waals surface area contributed by atoms with E-state index in [1.807, 2.05) is 42.5 Å². The van der Waals surface area contributed by atoms with E-state index in [1.54, 1.807) is 37.3 Å². The number of ether oxygens (including phenoxy) is 1. The standard InChI is InChI=1S/C22H19N3O4/c1-22(16-10-3-2-4-11-16)20(27)25(21(28)23-22)24-19(26)14-29-18-13-7-9-15-8-5-6-12-17(15)18/h2-13H,14H2,1H3,(H,23,28)(H,24,26). The Morgan fingerprint density at radius 1 is 1.00 bits per heavy atom. The maximum absolute atomic E-state index is 12.8. The number of hydrogen-bond acceptors (Lipinski definition) is 4. The van der Waals surface area contributed by atoms with Gasteiger partial charge < -0.3 is 10.1 Å². The molecule has 0 bridgehead atoms. The van der Waals surface area contributed by atoms with E-state index < -0.39 is 23.4 Å². The van der Waals surface area contributed by atoms with Crippen LogP contribution in [0.4, 0.5) is 4.79 Å². The van der Waals surface area contributed by atoms with Crippen LogP contribution in [-0.2, 0) is 15.1 Å². The molecule has 1 aliphatic heterocycles. The third-order valence-electron chi connectivity index (χ3n) is 4.89. The van der Waals surface area contributed by atoms with Crippen molar-refractivity contribution < 1.29 is 19.1 Å². The third-order valence-corrected chi connectivity index (χ3v) is 4.89. The Morgan fingerprint density at radius 2 is 1.69 bits per heavy atom. The number of hydrogen-bond donors (Lipinski definition) is 2. The molecule has 146 valence electrons. The molecule has 0 aliphatic carbocycles. The van der Waals surface area contributed by atoms with E-state index in [0.29, 0.717) is 16.3 Å². The lowest BCUT2D eigenvalue weighted by molar-refractivity contribution is -0.139. The molecule has 1 saturated heterocycles. The van der Waals surface area contributed by atoms with Gasteiger partial charge in [0.25, 0.3) is 11.8 Å². The summed E-state index contributed by atoms with van der Waals surface area (Å²) in [6, 6.07) is 21.3. The lowest BCUT2D eigenvalue weighted by Gasteiger charge is -2.22. The van der Waals surface area contributed by atoms with E-state index in [1.165, 1.54) is 0 Å². The molecule has 7 nitrogen and oxygen atoms in total. The number of rotatable bonds is 5. The summed E-state index contributed by atoms with van der Waals surface area (Å²) in [5.41, 5.74) is 1.71. The summed E-state index contributed by atoms with van der Waals surface area (Å²) >= 11 is 0. The van der Waals surface area contributed by atoms with Gasteiger partial charge in [0.2, 0.25) is 0 Å². The van der Waals surface area contributed by atoms with Crippen molar-refractivity contribution in [3.05, 3.63) is 78.4 Å². The molecule has 1 unspecified atom stereocenters. The minimum absolute atomic E-state index is 0.340. The van der Waals surface area contributed by atoms with Gasteiger partial charge in [-0.2, -0.15) is 5.01 Å². The van der Waals surface area contributed by atoms with Crippen molar-refractivity contribution in [2.24, 2.45) is 0 Å². The van der Waals surface area contributed by atoms with Gasteiger partial charge in [-0.05, 0) is 23.9 Å². The summed E-state index contributed by atoms with van der Waals surface area (Å²) in [4.78, 5) is 37.4. The molecular formula is C22H19N3O4. The molecule has 4 amide bonds. The zero-order valence-electron chi connectivity index (χ0n) is 15.7. The number of fused-ring (bicyclic) bond motifs is 1. The highest BCUT2D eigenvalue weighted by Gasteiger charge is 2.49. The number of carbonyl (C=O) groups is 3. The average molecular weight is 389 g/mol. The van der Waals surface area contributed by atoms with Gasteiger partial charge in [-0.15, -0.1) is 0 Å². The van der Waals surface area contributed by atoms with Crippen molar-refractivity contribution in [2.75, 3.05) is 6.61 Å². The van der Waals surface area contributed by atoms with Crippen molar-refractivity contribution in [1.82, 2.24) is 15.8 Å². The highest BCUT2D eigenvalue weighted by molar-refractivity contribution is 6.08. The Hall–Kier alpha value is -3.87. The number of carbonyl (C=O) groups excluding carboxylic acids is 3. The molecular weight excluding hydrogens is 370 g/mol. The molecule has 1 atom stereocenters. The van der Waals surface area contributed by atoms with Crippen LogP contribution >= 0.6 is 0 Å². The van der Waals surface area contributed by atoms with Gasteiger partial charge in [-0.1, -0.05) is 66.7 Å². The summed E-state index contributed by atoms with van der Waals surface area (Å²) in [7, 11) is 0. The number of amides is 4. The van der Waals surface area contributed by atoms with Gasteiger partial charge in [0.15, 0.2) is 6.61 Å². The fourth-order valence-electron chi connectivity index (χ4n) is 3.33. The smallest absolute Gasteiger partial charge is 0.344 e. The molecule has 29 heavy (non-hydrogen) atoms. The number of nitrogens with zero attached hydrogens (tertiary/aromatic N) is 1. The molecule has 1 aliphatic rings. The van der Waals surface area contributed by atoms with Crippen LogP contribution in [0.15, 0.2) is 72.8 Å². The highest BCUT2D eigenvalue weighted by Crippen LogP contribution is 2.28. The molecule has 0 saturated carbocycles. The second kappa shape index (κ2) is 7.27. The number of hydrazine groups is 1. The van der Waals surface area contributed by atoms with Crippen LogP contribution in [0.25, 0.3) is 10.8 Å². The second-order valence-corrected chi connectivity index (χ2v) is 6.86. The molecule has 1 fully saturated rings. The second-order valence-electron chi connectivity index (χ2n) is 6.86. The van der Waals surface area contributed by atoms with Crippen LogP contribution in [-0.4, -0.2) is 29.5 Å². The van der Waals surface area contributed by atoms with E-state index in [0.717, 1.165) is 10.8 Å². The van der Waals surface area contributed by atoms with Crippen molar-refractivity contribution in [2.45, 2.75) is 12.5 Å². The zero-order chi connectivity index (χ0) is 20.4. The summed E-state index contributed by atoms with van der Waals surface area (Å²) in [5, 5.41) is 5.18. The number of urea groups is 1. The molecule has 4 rings (SSSR count). The summed E-state index contributed by atoms with van der Waals surface area (Å²) < 4.78 is 5.62. The Morgan fingerprint density at radius 3 is 2.48 bits per heavy atom. The largest absolute Gasteiger partial charge is 0.483 e. The number of benzene rings is 3. The molecule has 0 radical (unpaired) electrons. The predicted molar refractivity (Wildman–Crippen MR) is 107 cm³/mol. The molecule has 1 heterocycles. The van der Waals surface area contributed by atoms with Gasteiger partial charge in [-0.3, -0.25) is 15.0 Å². The summed E-state index contributed by atoms with van der Waals surface area (Å²) in [6.45, 7) is 1.26. The van der Waals surface area contributed by atoms with E-state index in [9.17, 15) is 14.4 Å². The molecule has 0 spiro atoms. The Balaban J connectivity index is 1.44. The number of nitrogens with one attached hydrogen (secondary N) is 2. The van der Waals surface area contributed by atoms with Crippen LogP contribution in [0, 0.1) is 0 Å². The van der Waals surface area contributed by atoms with Crippen molar-refractivity contribution in [1.29, 1.82) is 0 Å². The molecule has 3 aromatic rings. The first-order valence-corrected chi connectivity index (χ1v) is 9.11. The van der Waals surface area contributed by atoms with Gasteiger partial charge in [0.1, 0.15) is 11.3 Å². The van der Waals surface area contributed by atoms with Crippen LogP contribution in [0.2, 0.25) is 0 Å². The average Bonchev–Trinajstić information content (AvgIpc) is 2.97. The fourth-order valence-corrected chi connectivity index (χ4v) is 3.33. The van der Waals surface area contributed by atoms with Gasteiger partial charge >= 0.3 is 6.03 Å².